The maximum Gasteiger partial charge on any atom is 0.341 e. The van der Waals surface area contributed by atoms with Gasteiger partial charge >= 0.3 is 5.97 Å². The molecule has 0 spiro atoms. The highest BCUT2D eigenvalue weighted by molar-refractivity contribution is 5.87. The first kappa shape index (κ1) is 12.0. The predicted octanol–water partition coefficient (Wildman–Crippen LogP) is 1.80. The lowest BCUT2D eigenvalue weighted by Crippen LogP contribution is -2.19. The van der Waals surface area contributed by atoms with Crippen molar-refractivity contribution < 1.29 is 14.3 Å². The van der Waals surface area contributed by atoms with Crippen molar-refractivity contribution in [1.29, 1.82) is 0 Å². The van der Waals surface area contributed by atoms with E-state index in [0.717, 1.165) is 11.8 Å². The average molecular weight is 247 g/mol. The van der Waals surface area contributed by atoms with Gasteiger partial charge in [-0.3, -0.25) is 4.79 Å². The van der Waals surface area contributed by atoms with Gasteiger partial charge in [-0.15, -0.1) is 0 Å². The van der Waals surface area contributed by atoms with E-state index < -0.39 is 11.4 Å². The van der Waals surface area contributed by atoms with E-state index in [-0.39, 0.29) is 17.8 Å². The van der Waals surface area contributed by atoms with Gasteiger partial charge in [-0.05, 0) is 17.7 Å². The number of halogens is 1. The molecule has 0 saturated carbocycles. The minimum absolute atomic E-state index is 0.261. The summed E-state index contributed by atoms with van der Waals surface area (Å²) in [4.78, 5) is 25.2. The number of rotatable bonds is 3. The summed E-state index contributed by atoms with van der Waals surface area (Å²) in [5.41, 5.74) is 0.256. The third kappa shape index (κ3) is 2.45. The molecule has 0 fully saturated rings. The van der Waals surface area contributed by atoms with E-state index in [0.29, 0.717) is 5.56 Å². The molecule has 0 radical (unpaired) electrons. The molecule has 1 heterocycles. The van der Waals surface area contributed by atoms with Gasteiger partial charge in [0.25, 0.3) is 0 Å². The smallest absolute Gasteiger partial charge is 0.341 e. The first-order valence-electron chi connectivity index (χ1n) is 5.25. The van der Waals surface area contributed by atoms with E-state index in [1.54, 1.807) is 12.1 Å². The largest absolute Gasteiger partial charge is 0.477 e. The van der Waals surface area contributed by atoms with Crippen LogP contribution < -0.4 is 5.43 Å². The Hall–Kier alpha value is -2.43. The van der Waals surface area contributed by atoms with Crippen molar-refractivity contribution in [3.63, 3.8) is 0 Å². The van der Waals surface area contributed by atoms with Crippen LogP contribution in [0, 0.1) is 5.82 Å². The monoisotopic (exact) mass is 247 g/mol. The number of pyridine rings is 1. The van der Waals surface area contributed by atoms with Crippen LogP contribution in [-0.2, 0) is 6.42 Å². The Morgan fingerprint density at radius 1 is 1.22 bits per heavy atom. The van der Waals surface area contributed by atoms with Gasteiger partial charge < -0.3 is 10.1 Å². The molecule has 1 aromatic carbocycles. The Morgan fingerprint density at radius 2 is 1.89 bits per heavy atom. The van der Waals surface area contributed by atoms with Gasteiger partial charge in [0.2, 0.25) is 0 Å². The number of carbonyl (C=O) groups is 1. The zero-order chi connectivity index (χ0) is 13.1. The van der Waals surface area contributed by atoms with Crippen molar-refractivity contribution >= 4 is 5.97 Å². The molecule has 1 aromatic heterocycles. The molecule has 0 aliphatic rings. The van der Waals surface area contributed by atoms with Crippen LogP contribution in [0.15, 0.2) is 41.5 Å². The quantitative estimate of drug-likeness (QED) is 0.868. The molecule has 5 heteroatoms. The zero-order valence-electron chi connectivity index (χ0n) is 9.31. The summed E-state index contributed by atoms with van der Waals surface area (Å²) >= 11 is 0. The Morgan fingerprint density at radius 3 is 2.50 bits per heavy atom. The Balaban J connectivity index is 2.35. The summed E-state index contributed by atoms with van der Waals surface area (Å²) in [5, 5.41) is 8.82. The summed E-state index contributed by atoms with van der Waals surface area (Å²) in [6.45, 7) is 0. The Kier molecular flexibility index (Phi) is 3.23. The van der Waals surface area contributed by atoms with Crippen LogP contribution in [0.3, 0.4) is 0 Å². The number of aromatic amines is 1. The van der Waals surface area contributed by atoms with Crippen molar-refractivity contribution in [2.24, 2.45) is 0 Å². The lowest BCUT2D eigenvalue weighted by Gasteiger charge is -2.02. The standard InChI is InChI=1S/C13H10FNO3/c14-10-3-1-8(2-4-10)5-9-6-15-7-11(12(9)16)13(17)18/h1-4,6-7H,5H2,(H,15,16)(H,17,18). The van der Waals surface area contributed by atoms with Gasteiger partial charge in [-0.25, -0.2) is 9.18 Å². The van der Waals surface area contributed by atoms with Crippen molar-refractivity contribution in [2.75, 3.05) is 0 Å². The summed E-state index contributed by atoms with van der Waals surface area (Å²) < 4.78 is 12.7. The molecule has 92 valence electrons. The van der Waals surface area contributed by atoms with Crippen molar-refractivity contribution in [3.8, 4) is 0 Å². The number of carboxylic acids is 1. The molecule has 0 aliphatic carbocycles. The first-order chi connectivity index (χ1) is 8.58. The molecule has 2 aromatic rings. The van der Waals surface area contributed by atoms with Crippen molar-refractivity contribution in [2.45, 2.75) is 6.42 Å². The molecule has 2 rings (SSSR count). The number of hydrogen-bond acceptors (Lipinski definition) is 2. The number of carboxylic acid groups (broad SMARTS) is 1. The summed E-state index contributed by atoms with van der Waals surface area (Å²) in [6.07, 6.45) is 2.87. The first-order valence-corrected chi connectivity index (χ1v) is 5.25. The number of aromatic carboxylic acids is 1. The second kappa shape index (κ2) is 4.83. The van der Waals surface area contributed by atoms with Crippen LogP contribution in [0.2, 0.25) is 0 Å². The van der Waals surface area contributed by atoms with Crippen LogP contribution in [0.5, 0.6) is 0 Å². The number of H-pyrrole nitrogens is 1. The highest BCUT2D eigenvalue weighted by Crippen LogP contribution is 2.07. The number of nitrogens with one attached hydrogen (secondary N) is 1. The lowest BCUT2D eigenvalue weighted by atomic mass is 10.0. The number of hydrogen-bond donors (Lipinski definition) is 2. The minimum atomic E-state index is -1.27. The van der Waals surface area contributed by atoms with Gasteiger partial charge in [0.05, 0.1) is 0 Å². The normalized spacial score (nSPS) is 10.3. The van der Waals surface area contributed by atoms with Gasteiger partial charge in [0.15, 0.2) is 5.43 Å². The molecule has 0 aliphatic heterocycles. The molecule has 0 saturated heterocycles. The minimum Gasteiger partial charge on any atom is -0.477 e. The molecule has 0 unspecified atom stereocenters. The third-order valence-electron chi connectivity index (χ3n) is 2.56. The van der Waals surface area contributed by atoms with Crippen LogP contribution in [0.1, 0.15) is 21.5 Å². The second-order valence-electron chi connectivity index (χ2n) is 3.83. The van der Waals surface area contributed by atoms with E-state index >= 15 is 0 Å². The van der Waals surface area contributed by atoms with E-state index in [2.05, 4.69) is 4.98 Å². The van der Waals surface area contributed by atoms with Gasteiger partial charge in [0, 0.05) is 24.4 Å². The molecule has 2 N–H and O–H groups in total. The lowest BCUT2D eigenvalue weighted by molar-refractivity contribution is 0.0695. The summed E-state index contributed by atoms with van der Waals surface area (Å²) in [7, 11) is 0. The topological polar surface area (TPSA) is 70.2 Å². The van der Waals surface area contributed by atoms with Crippen LogP contribution in [0.4, 0.5) is 4.39 Å². The maximum atomic E-state index is 12.7. The predicted molar refractivity (Wildman–Crippen MR) is 63.2 cm³/mol. The number of aromatic nitrogens is 1. The number of benzene rings is 1. The van der Waals surface area contributed by atoms with Crippen molar-refractivity contribution in [1.82, 2.24) is 4.98 Å². The van der Waals surface area contributed by atoms with Gasteiger partial charge in [-0.2, -0.15) is 0 Å². The highest BCUT2D eigenvalue weighted by Gasteiger charge is 2.11. The molecule has 0 bridgehead atoms. The van der Waals surface area contributed by atoms with Crippen molar-refractivity contribution in [3.05, 3.63) is 69.4 Å². The average Bonchev–Trinajstić information content (AvgIpc) is 2.34. The second-order valence-corrected chi connectivity index (χ2v) is 3.83. The van der Waals surface area contributed by atoms with Crippen LogP contribution in [0.25, 0.3) is 0 Å². The molecule has 18 heavy (non-hydrogen) atoms. The molecule has 0 atom stereocenters. The molecular formula is C13H10FNO3. The molecule has 4 nitrogen and oxygen atoms in total. The molecular weight excluding hydrogens is 237 g/mol. The fourth-order valence-corrected chi connectivity index (χ4v) is 1.64. The fourth-order valence-electron chi connectivity index (χ4n) is 1.64. The third-order valence-corrected chi connectivity index (χ3v) is 2.56. The Bertz CT molecular complexity index is 631. The van der Waals surface area contributed by atoms with Gasteiger partial charge in [0.1, 0.15) is 11.4 Å². The van der Waals surface area contributed by atoms with E-state index in [4.69, 9.17) is 5.11 Å². The Labute approximate surface area is 102 Å². The highest BCUT2D eigenvalue weighted by atomic mass is 19.1. The van der Waals surface area contributed by atoms with Crippen LogP contribution in [-0.4, -0.2) is 16.1 Å². The fraction of sp³-hybridized carbons (Fsp3) is 0.0769. The zero-order valence-corrected chi connectivity index (χ0v) is 9.31. The molecule has 0 amide bonds. The maximum absolute atomic E-state index is 12.7. The SMILES string of the molecule is O=C(O)c1c[nH]cc(Cc2ccc(F)cc2)c1=O. The van der Waals surface area contributed by atoms with E-state index in [1.165, 1.54) is 18.3 Å². The van der Waals surface area contributed by atoms with Gasteiger partial charge in [-0.1, -0.05) is 12.1 Å². The van der Waals surface area contributed by atoms with E-state index in [9.17, 15) is 14.0 Å². The summed E-state index contributed by atoms with van der Waals surface area (Å²) in [5.74, 6) is -1.62. The van der Waals surface area contributed by atoms with Crippen LogP contribution >= 0.6 is 0 Å². The van der Waals surface area contributed by atoms with E-state index in [1.807, 2.05) is 0 Å². The summed E-state index contributed by atoms with van der Waals surface area (Å²) in [6, 6.07) is 5.71.